The maximum absolute atomic E-state index is 12.7. The highest BCUT2D eigenvalue weighted by Gasteiger charge is 2.31. The zero-order valence-electron chi connectivity index (χ0n) is 17.2. The van der Waals surface area contributed by atoms with Crippen molar-refractivity contribution in [1.29, 1.82) is 0 Å². The number of hydrogen-bond acceptors (Lipinski definition) is 4. The van der Waals surface area contributed by atoms with Crippen LogP contribution in [0.15, 0.2) is 53.3 Å². The molecule has 1 N–H and O–H groups in total. The Morgan fingerprint density at radius 2 is 1.69 bits per heavy atom. The molecule has 0 aliphatic carbocycles. The Bertz CT molecular complexity index is 1140. The summed E-state index contributed by atoms with van der Waals surface area (Å²) >= 11 is 0. The van der Waals surface area contributed by atoms with E-state index in [1.165, 1.54) is 16.8 Å². The molecule has 0 unspecified atom stereocenters. The van der Waals surface area contributed by atoms with E-state index in [1.54, 1.807) is 36.3 Å². The summed E-state index contributed by atoms with van der Waals surface area (Å²) in [7, 11) is 1.56. The largest absolute Gasteiger partial charge is 0.497 e. The third-order valence-electron chi connectivity index (χ3n) is 5.58. The molecule has 2 heterocycles. The average Bonchev–Trinajstić information content (AvgIpc) is 3.20. The molecule has 0 bridgehead atoms. The van der Waals surface area contributed by atoms with Crippen molar-refractivity contribution in [2.24, 2.45) is 0 Å². The van der Waals surface area contributed by atoms with Gasteiger partial charge in [0.05, 0.1) is 18.4 Å². The predicted molar refractivity (Wildman–Crippen MR) is 110 cm³/mol. The van der Waals surface area contributed by atoms with E-state index in [1.807, 2.05) is 0 Å². The molecule has 0 atom stereocenters. The number of benzene rings is 2. The maximum atomic E-state index is 12.7. The van der Waals surface area contributed by atoms with Gasteiger partial charge in [-0.15, -0.1) is 5.10 Å². The molecule has 3 aromatic rings. The van der Waals surface area contributed by atoms with Gasteiger partial charge >= 0.3 is 11.9 Å². The monoisotopic (exact) mass is 446 g/mol. The minimum absolute atomic E-state index is 0.0288. The summed E-state index contributed by atoms with van der Waals surface area (Å²) in [5.74, 6) is 0.878. The molecule has 7 nitrogen and oxygen atoms in total. The highest BCUT2D eigenvalue weighted by Crippen LogP contribution is 2.30. The minimum Gasteiger partial charge on any atom is -0.497 e. The second kappa shape index (κ2) is 8.52. The highest BCUT2D eigenvalue weighted by atomic mass is 19.4. The van der Waals surface area contributed by atoms with E-state index < -0.39 is 11.7 Å². The van der Waals surface area contributed by atoms with Crippen LogP contribution in [0.25, 0.3) is 5.69 Å². The second-order valence-corrected chi connectivity index (χ2v) is 7.57. The number of rotatable bonds is 4. The van der Waals surface area contributed by atoms with Crippen LogP contribution >= 0.6 is 0 Å². The summed E-state index contributed by atoms with van der Waals surface area (Å²) in [5, 5.41) is 4.42. The van der Waals surface area contributed by atoms with E-state index in [9.17, 15) is 22.8 Å². The van der Waals surface area contributed by atoms with E-state index in [0.29, 0.717) is 43.2 Å². The summed E-state index contributed by atoms with van der Waals surface area (Å²) in [6.45, 7) is 0.837. The Morgan fingerprint density at radius 1 is 1.06 bits per heavy atom. The second-order valence-electron chi connectivity index (χ2n) is 7.57. The fourth-order valence-corrected chi connectivity index (χ4v) is 3.76. The lowest BCUT2D eigenvalue weighted by Crippen LogP contribution is -2.38. The molecule has 1 aliphatic heterocycles. The van der Waals surface area contributed by atoms with Crippen molar-refractivity contribution in [3.05, 3.63) is 76.0 Å². The number of ether oxygens (including phenoxy) is 1. The van der Waals surface area contributed by atoms with Crippen LogP contribution < -0.4 is 10.4 Å². The number of methoxy groups -OCH3 is 1. The lowest BCUT2D eigenvalue weighted by molar-refractivity contribution is -0.137. The molecule has 1 saturated heterocycles. The molecule has 4 rings (SSSR count). The number of carbonyl (C=O) groups excluding carboxylic acids is 1. The summed E-state index contributed by atoms with van der Waals surface area (Å²) in [6, 6.07) is 11.2. The van der Waals surface area contributed by atoms with Crippen molar-refractivity contribution < 1.29 is 22.7 Å². The Hall–Kier alpha value is -3.56. The zero-order valence-corrected chi connectivity index (χ0v) is 17.2. The van der Waals surface area contributed by atoms with Crippen LogP contribution in [0.2, 0.25) is 0 Å². The number of nitrogens with zero attached hydrogens (tertiary/aromatic N) is 3. The number of aromatic nitrogens is 3. The third kappa shape index (κ3) is 4.39. The Kier molecular flexibility index (Phi) is 5.77. The van der Waals surface area contributed by atoms with Crippen LogP contribution in [-0.4, -0.2) is 45.8 Å². The fraction of sp³-hybridized carbons (Fsp3) is 0.318. The number of nitrogens with one attached hydrogen (secondary N) is 1. The Labute approximate surface area is 181 Å². The van der Waals surface area contributed by atoms with Crippen LogP contribution in [0.1, 0.15) is 40.5 Å². The SMILES string of the molecule is COc1ccc(-n2nc(C3CCN(C(=O)c4ccc(C(F)(F)F)cc4)CC3)[nH]c2=O)cc1. The molecule has 168 valence electrons. The van der Waals surface area contributed by atoms with Gasteiger partial charge in [-0.25, -0.2) is 4.79 Å². The number of aromatic amines is 1. The fourth-order valence-electron chi connectivity index (χ4n) is 3.76. The standard InChI is InChI=1S/C22H21F3N4O3/c1-32-18-8-6-17(7-9-18)29-21(31)26-19(27-29)14-10-12-28(13-11-14)20(30)15-2-4-16(5-3-15)22(23,24)25/h2-9,14H,10-13H2,1H3,(H,26,27,31). The first-order chi connectivity index (χ1) is 15.3. The summed E-state index contributed by atoms with van der Waals surface area (Å²) in [6.07, 6.45) is -3.27. The summed E-state index contributed by atoms with van der Waals surface area (Å²) in [4.78, 5) is 29.4. The highest BCUT2D eigenvalue weighted by molar-refractivity contribution is 5.94. The van der Waals surface area contributed by atoms with Gasteiger partial charge in [-0.1, -0.05) is 0 Å². The predicted octanol–water partition coefficient (Wildman–Crippen LogP) is 3.61. The van der Waals surface area contributed by atoms with E-state index in [2.05, 4.69) is 10.1 Å². The van der Waals surface area contributed by atoms with Crippen molar-refractivity contribution in [3.8, 4) is 11.4 Å². The third-order valence-corrected chi connectivity index (χ3v) is 5.58. The van der Waals surface area contributed by atoms with E-state index >= 15 is 0 Å². The van der Waals surface area contributed by atoms with Crippen LogP contribution in [0, 0.1) is 0 Å². The molecule has 1 aliphatic rings. The lowest BCUT2D eigenvalue weighted by Gasteiger charge is -2.31. The van der Waals surface area contributed by atoms with Crippen molar-refractivity contribution >= 4 is 5.91 Å². The number of likely N-dealkylation sites (tertiary alicyclic amines) is 1. The van der Waals surface area contributed by atoms with E-state index in [-0.39, 0.29) is 23.1 Å². The number of carbonyl (C=O) groups is 1. The number of amides is 1. The first-order valence-electron chi connectivity index (χ1n) is 10.1. The van der Waals surface area contributed by atoms with Gasteiger partial charge in [-0.3, -0.25) is 9.78 Å². The van der Waals surface area contributed by atoms with Crippen LogP contribution in [0.3, 0.4) is 0 Å². The van der Waals surface area contributed by atoms with Gasteiger partial charge in [0.15, 0.2) is 0 Å². The van der Waals surface area contributed by atoms with Crippen molar-refractivity contribution in [3.63, 3.8) is 0 Å². The Balaban J connectivity index is 1.41. The smallest absolute Gasteiger partial charge is 0.416 e. The van der Waals surface area contributed by atoms with Gasteiger partial charge in [0.25, 0.3) is 5.91 Å². The number of piperidine rings is 1. The normalized spacial score (nSPS) is 15.1. The number of H-pyrrole nitrogens is 1. The molecular weight excluding hydrogens is 425 g/mol. The van der Waals surface area contributed by atoms with Crippen LogP contribution in [-0.2, 0) is 6.18 Å². The summed E-state index contributed by atoms with van der Waals surface area (Å²) < 4.78 is 44.6. The van der Waals surface area contributed by atoms with Gasteiger partial charge in [-0.05, 0) is 61.4 Å². The van der Waals surface area contributed by atoms with Crippen molar-refractivity contribution in [1.82, 2.24) is 19.7 Å². The first kappa shape index (κ1) is 21.7. The van der Waals surface area contributed by atoms with E-state index in [4.69, 9.17) is 4.74 Å². The van der Waals surface area contributed by atoms with Crippen LogP contribution in [0.4, 0.5) is 13.2 Å². The van der Waals surface area contributed by atoms with Gasteiger partial charge in [0, 0.05) is 24.6 Å². The molecular formula is C22H21F3N4O3. The lowest BCUT2D eigenvalue weighted by atomic mass is 9.95. The van der Waals surface area contributed by atoms with Gasteiger partial charge in [0.1, 0.15) is 11.6 Å². The van der Waals surface area contributed by atoms with Crippen molar-refractivity contribution in [2.45, 2.75) is 24.9 Å². The molecule has 0 saturated carbocycles. The molecule has 1 amide bonds. The van der Waals surface area contributed by atoms with Gasteiger partial charge < -0.3 is 9.64 Å². The zero-order chi connectivity index (χ0) is 22.9. The first-order valence-corrected chi connectivity index (χ1v) is 10.1. The molecule has 0 spiro atoms. The molecule has 1 fully saturated rings. The van der Waals surface area contributed by atoms with Crippen molar-refractivity contribution in [2.75, 3.05) is 20.2 Å². The van der Waals surface area contributed by atoms with Crippen LogP contribution in [0.5, 0.6) is 5.75 Å². The molecule has 0 radical (unpaired) electrons. The average molecular weight is 446 g/mol. The van der Waals surface area contributed by atoms with E-state index in [0.717, 1.165) is 12.1 Å². The quantitative estimate of drug-likeness (QED) is 0.664. The van der Waals surface area contributed by atoms with Gasteiger partial charge in [-0.2, -0.15) is 17.9 Å². The Morgan fingerprint density at radius 3 is 2.25 bits per heavy atom. The molecule has 32 heavy (non-hydrogen) atoms. The molecule has 1 aromatic heterocycles. The number of hydrogen-bond donors (Lipinski definition) is 1. The number of halogens is 3. The van der Waals surface area contributed by atoms with Gasteiger partial charge in [0.2, 0.25) is 0 Å². The minimum atomic E-state index is -4.44. The molecule has 10 heteroatoms. The molecule has 2 aromatic carbocycles. The number of alkyl halides is 3. The maximum Gasteiger partial charge on any atom is 0.416 e. The summed E-state index contributed by atoms with van der Waals surface area (Å²) in [5.41, 5.74) is -0.320. The topological polar surface area (TPSA) is 80.2 Å².